The summed E-state index contributed by atoms with van der Waals surface area (Å²) < 4.78 is 7.27. The van der Waals surface area contributed by atoms with Crippen LogP contribution in [0.15, 0.2) is 47.1 Å². The Labute approximate surface area is 168 Å². The number of nitrogens with one attached hydrogen (secondary N) is 1. The second-order valence-corrected chi connectivity index (χ2v) is 7.19. The molecule has 1 aromatic carbocycles. The molecule has 2 aromatic heterocycles. The van der Waals surface area contributed by atoms with Crippen LogP contribution in [0.25, 0.3) is 0 Å². The Hall–Kier alpha value is -2.64. The molecule has 146 valence electrons. The van der Waals surface area contributed by atoms with Gasteiger partial charge in [0.2, 0.25) is 0 Å². The van der Waals surface area contributed by atoms with Gasteiger partial charge < -0.3 is 14.3 Å². The van der Waals surface area contributed by atoms with Crippen LogP contribution in [0.5, 0.6) is 0 Å². The SMILES string of the molecule is O=C(NCCc1nnc2n1CCN(Cc1ccccc1Cl)CC2)c1ccco1. The molecule has 0 saturated heterocycles. The average Bonchev–Trinajstić information content (AvgIpc) is 3.32. The Morgan fingerprint density at radius 3 is 2.86 bits per heavy atom. The molecule has 0 fully saturated rings. The summed E-state index contributed by atoms with van der Waals surface area (Å²) in [6.45, 7) is 3.96. The summed E-state index contributed by atoms with van der Waals surface area (Å²) in [5.41, 5.74) is 1.14. The van der Waals surface area contributed by atoms with E-state index in [1.165, 1.54) is 6.26 Å². The number of nitrogens with zero attached hydrogens (tertiary/aromatic N) is 4. The molecule has 1 aliphatic rings. The van der Waals surface area contributed by atoms with E-state index in [-0.39, 0.29) is 5.91 Å². The normalized spacial score (nSPS) is 14.5. The van der Waals surface area contributed by atoms with Gasteiger partial charge in [0, 0.05) is 50.6 Å². The van der Waals surface area contributed by atoms with Crippen molar-refractivity contribution in [1.29, 1.82) is 0 Å². The molecule has 0 atom stereocenters. The molecular formula is C20H22ClN5O2. The van der Waals surface area contributed by atoms with Crippen LogP contribution in [0.1, 0.15) is 27.8 Å². The number of aromatic nitrogens is 3. The summed E-state index contributed by atoms with van der Waals surface area (Å²) in [4.78, 5) is 14.3. The maximum atomic E-state index is 12.0. The van der Waals surface area contributed by atoms with E-state index >= 15 is 0 Å². The number of amides is 1. The lowest BCUT2D eigenvalue weighted by molar-refractivity contribution is 0.0926. The van der Waals surface area contributed by atoms with E-state index in [9.17, 15) is 4.79 Å². The molecular weight excluding hydrogens is 378 g/mol. The molecule has 3 heterocycles. The van der Waals surface area contributed by atoms with Crippen LogP contribution in [0.2, 0.25) is 5.02 Å². The van der Waals surface area contributed by atoms with E-state index in [1.54, 1.807) is 12.1 Å². The van der Waals surface area contributed by atoms with Gasteiger partial charge in [0.25, 0.3) is 5.91 Å². The Bertz CT molecular complexity index is 938. The zero-order valence-electron chi connectivity index (χ0n) is 15.5. The van der Waals surface area contributed by atoms with Crippen molar-refractivity contribution in [2.24, 2.45) is 0 Å². The molecule has 0 radical (unpaired) electrons. The van der Waals surface area contributed by atoms with E-state index in [0.29, 0.717) is 18.7 Å². The third-order valence-electron chi connectivity index (χ3n) is 4.93. The highest BCUT2D eigenvalue weighted by molar-refractivity contribution is 6.31. The van der Waals surface area contributed by atoms with Gasteiger partial charge in [0.05, 0.1) is 6.26 Å². The first-order chi connectivity index (χ1) is 13.7. The van der Waals surface area contributed by atoms with Gasteiger partial charge in [-0.25, -0.2) is 0 Å². The average molecular weight is 400 g/mol. The van der Waals surface area contributed by atoms with Crippen LogP contribution in [0, 0.1) is 0 Å². The van der Waals surface area contributed by atoms with Crippen LogP contribution in [-0.4, -0.2) is 45.2 Å². The predicted octanol–water partition coefficient (Wildman–Crippen LogP) is 2.56. The van der Waals surface area contributed by atoms with Gasteiger partial charge in [0.1, 0.15) is 11.6 Å². The van der Waals surface area contributed by atoms with Crippen LogP contribution in [0.3, 0.4) is 0 Å². The molecule has 0 bridgehead atoms. The van der Waals surface area contributed by atoms with Crippen molar-refractivity contribution in [2.45, 2.75) is 25.9 Å². The second-order valence-electron chi connectivity index (χ2n) is 6.78. The first-order valence-corrected chi connectivity index (χ1v) is 9.77. The van der Waals surface area contributed by atoms with Crippen molar-refractivity contribution >= 4 is 17.5 Å². The highest BCUT2D eigenvalue weighted by Gasteiger charge is 2.19. The zero-order valence-corrected chi connectivity index (χ0v) is 16.2. The number of furan rings is 1. The minimum atomic E-state index is -0.216. The lowest BCUT2D eigenvalue weighted by Crippen LogP contribution is -2.28. The quantitative estimate of drug-likeness (QED) is 0.689. The van der Waals surface area contributed by atoms with Crippen molar-refractivity contribution in [1.82, 2.24) is 25.0 Å². The molecule has 0 unspecified atom stereocenters. The summed E-state index contributed by atoms with van der Waals surface area (Å²) in [5.74, 6) is 1.99. The van der Waals surface area contributed by atoms with Crippen molar-refractivity contribution in [3.63, 3.8) is 0 Å². The molecule has 4 rings (SSSR count). The first-order valence-electron chi connectivity index (χ1n) is 9.39. The van der Waals surface area contributed by atoms with Gasteiger partial charge in [-0.15, -0.1) is 10.2 Å². The molecule has 28 heavy (non-hydrogen) atoms. The lowest BCUT2D eigenvalue weighted by Gasteiger charge is -2.20. The number of hydrogen-bond acceptors (Lipinski definition) is 5. The van der Waals surface area contributed by atoms with Gasteiger partial charge in [-0.1, -0.05) is 29.8 Å². The summed E-state index contributed by atoms with van der Waals surface area (Å²) in [7, 11) is 0. The second kappa shape index (κ2) is 8.58. The molecule has 1 aliphatic heterocycles. The van der Waals surface area contributed by atoms with E-state index < -0.39 is 0 Å². The Balaban J connectivity index is 1.33. The number of benzene rings is 1. The fraction of sp³-hybridized carbons (Fsp3) is 0.350. The lowest BCUT2D eigenvalue weighted by atomic mass is 10.2. The third-order valence-corrected chi connectivity index (χ3v) is 5.30. The number of fused-ring (bicyclic) bond motifs is 1. The van der Waals surface area contributed by atoms with Gasteiger partial charge >= 0.3 is 0 Å². The molecule has 1 N–H and O–H groups in total. The highest BCUT2D eigenvalue weighted by Crippen LogP contribution is 2.18. The summed E-state index contributed by atoms with van der Waals surface area (Å²) in [5, 5.41) is 12.3. The van der Waals surface area contributed by atoms with Crippen molar-refractivity contribution in [3.05, 3.63) is 70.7 Å². The van der Waals surface area contributed by atoms with Crippen LogP contribution >= 0.6 is 11.6 Å². The van der Waals surface area contributed by atoms with Crippen molar-refractivity contribution in [2.75, 3.05) is 19.6 Å². The first kappa shape index (κ1) is 18.7. The molecule has 1 amide bonds. The summed E-state index contributed by atoms with van der Waals surface area (Å²) in [6.07, 6.45) is 2.96. The maximum Gasteiger partial charge on any atom is 0.286 e. The maximum absolute atomic E-state index is 12.0. The number of rotatable bonds is 6. The zero-order chi connectivity index (χ0) is 19.3. The molecule has 0 aliphatic carbocycles. The Kier molecular flexibility index (Phi) is 5.73. The minimum Gasteiger partial charge on any atom is -0.459 e. The van der Waals surface area contributed by atoms with Gasteiger partial charge in [0.15, 0.2) is 5.76 Å². The van der Waals surface area contributed by atoms with E-state index in [4.69, 9.17) is 16.0 Å². The van der Waals surface area contributed by atoms with Gasteiger partial charge in [-0.3, -0.25) is 9.69 Å². The highest BCUT2D eigenvalue weighted by atomic mass is 35.5. The van der Waals surface area contributed by atoms with E-state index in [1.807, 2.05) is 18.2 Å². The number of carbonyl (C=O) groups excluding carboxylic acids is 1. The smallest absolute Gasteiger partial charge is 0.286 e. The van der Waals surface area contributed by atoms with Crippen molar-refractivity contribution in [3.8, 4) is 0 Å². The number of carbonyl (C=O) groups is 1. The monoisotopic (exact) mass is 399 g/mol. The van der Waals surface area contributed by atoms with E-state index in [2.05, 4.69) is 31.0 Å². The van der Waals surface area contributed by atoms with Gasteiger partial charge in [-0.2, -0.15) is 0 Å². The predicted molar refractivity (Wildman–Crippen MR) is 105 cm³/mol. The fourth-order valence-electron chi connectivity index (χ4n) is 3.42. The van der Waals surface area contributed by atoms with Crippen LogP contribution in [0.4, 0.5) is 0 Å². The van der Waals surface area contributed by atoms with E-state index in [0.717, 1.165) is 54.8 Å². The number of hydrogen-bond donors (Lipinski definition) is 1. The van der Waals surface area contributed by atoms with Crippen LogP contribution in [-0.2, 0) is 25.9 Å². The molecule has 0 spiro atoms. The Morgan fingerprint density at radius 2 is 2.04 bits per heavy atom. The Morgan fingerprint density at radius 1 is 1.14 bits per heavy atom. The summed E-state index contributed by atoms with van der Waals surface area (Å²) >= 11 is 6.30. The number of halogens is 1. The summed E-state index contributed by atoms with van der Waals surface area (Å²) in [6, 6.07) is 11.3. The molecule has 8 heteroatoms. The molecule has 3 aromatic rings. The largest absolute Gasteiger partial charge is 0.459 e. The fourth-order valence-corrected chi connectivity index (χ4v) is 3.62. The minimum absolute atomic E-state index is 0.216. The van der Waals surface area contributed by atoms with Gasteiger partial charge in [-0.05, 0) is 23.8 Å². The molecule has 0 saturated carbocycles. The van der Waals surface area contributed by atoms with Crippen LogP contribution < -0.4 is 5.32 Å². The van der Waals surface area contributed by atoms with Crippen molar-refractivity contribution < 1.29 is 9.21 Å². The topological polar surface area (TPSA) is 76.2 Å². The molecule has 7 nitrogen and oxygen atoms in total. The third kappa shape index (κ3) is 4.26. The standard InChI is InChI=1S/C20H22ClN5O2/c21-16-5-2-1-4-15(16)14-25-10-8-19-24-23-18(26(19)12-11-25)7-9-22-20(27)17-6-3-13-28-17/h1-6,13H,7-12,14H2,(H,22,27).